The summed E-state index contributed by atoms with van der Waals surface area (Å²) in [5.41, 5.74) is 3.54. The number of aromatic nitrogens is 1. The Hall–Kier alpha value is -3.85. The van der Waals surface area contributed by atoms with Gasteiger partial charge in [0.05, 0.1) is 17.3 Å². The summed E-state index contributed by atoms with van der Waals surface area (Å²) in [6, 6.07) is 18.7. The molecule has 4 aromatic rings. The smallest absolute Gasteiger partial charge is 0.319 e. The van der Waals surface area contributed by atoms with Gasteiger partial charge in [-0.25, -0.2) is 9.78 Å². The normalized spacial score (nSPS) is 10.4. The molecule has 0 unspecified atom stereocenters. The first-order valence-corrected chi connectivity index (χ1v) is 12.8. The minimum Gasteiger partial charge on any atom is -0.487 e. The fourth-order valence-electron chi connectivity index (χ4n) is 3.83. The van der Waals surface area contributed by atoms with Crippen molar-refractivity contribution in [2.75, 3.05) is 23.8 Å². The molecule has 0 bridgehead atoms. The van der Waals surface area contributed by atoms with Crippen LogP contribution < -0.4 is 20.3 Å². The molecule has 4 rings (SSSR count). The number of urea groups is 1. The van der Waals surface area contributed by atoms with Crippen molar-refractivity contribution in [3.8, 4) is 5.75 Å². The first-order valence-electron chi connectivity index (χ1n) is 12.0. The lowest BCUT2D eigenvalue weighted by atomic mass is 10.1. The molecule has 0 aliphatic carbocycles. The molecule has 1 heterocycles. The van der Waals surface area contributed by atoms with Gasteiger partial charge in [-0.1, -0.05) is 41.4 Å². The Morgan fingerprint density at radius 2 is 1.70 bits per heavy atom. The number of benzene rings is 3. The number of para-hydroxylation sites is 1. The minimum absolute atomic E-state index is 0. The second-order valence-corrected chi connectivity index (χ2v) is 9.61. The molecule has 208 valence electrons. The summed E-state index contributed by atoms with van der Waals surface area (Å²) in [6.45, 7) is 3.15. The molecule has 0 radical (unpaired) electrons. The van der Waals surface area contributed by atoms with E-state index in [0.717, 1.165) is 16.6 Å². The van der Waals surface area contributed by atoms with Crippen molar-refractivity contribution in [3.63, 3.8) is 0 Å². The van der Waals surface area contributed by atoms with Crippen molar-refractivity contribution < 1.29 is 19.1 Å². The van der Waals surface area contributed by atoms with Gasteiger partial charge in [-0.05, 0) is 62.4 Å². The standard InChI is InChI=1S/C29H26Cl2N4O4.ClH/c1-17-7-8-20-5-4-6-25(28(20)33-17)39-16-22-23(30)13-14-24(27(22)31)35(3)26(37)15-32-29(38)34-21-11-9-19(10-12-21)18(2)36;/h4-14H,15-16H2,1-3H3,(H2,32,34,38);1H. The highest BCUT2D eigenvalue weighted by atomic mass is 35.5. The fourth-order valence-corrected chi connectivity index (χ4v) is 4.44. The number of halogens is 3. The summed E-state index contributed by atoms with van der Waals surface area (Å²) < 4.78 is 6.05. The van der Waals surface area contributed by atoms with Crippen LogP contribution in [0.25, 0.3) is 10.9 Å². The number of fused-ring (bicyclic) bond motifs is 1. The quantitative estimate of drug-likeness (QED) is 0.216. The maximum atomic E-state index is 12.8. The number of nitrogens with one attached hydrogen (secondary N) is 2. The van der Waals surface area contributed by atoms with Crippen LogP contribution in [0.4, 0.5) is 16.2 Å². The van der Waals surface area contributed by atoms with Crippen LogP contribution in [0.1, 0.15) is 28.5 Å². The number of amides is 3. The first kappa shape index (κ1) is 30.7. The van der Waals surface area contributed by atoms with Crippen LogP contribution in [-0.4, -0.2) is 36.3 Å². The molecule has 0 aliphatic heterocycles. The number of nitrogens with zero attached hydrogens (tertiary/aromatic N) is 2. The number of anilines is 2. The maximum Gasteiger partial charge on any atom is 0.319 e. The first-order chi connectivity index (χ1) is 18.6. The topological polar surface area (TPSA) is 101 Å². The number of carbonyl (C=O) groups excluding carboxylic acids is 3. The zero-order chi connectivity index (χ0) is 28.1. The number of hydrogen-bond acceptors (Lipinski definition) is 5. The lowest BCUT2D eigenvalue weighted by Crippen LogP contribution is -2.40. The van der Waals surface area contributed by atoms with Gasteiger partial charge in [0, 0.05) is 40.0 Å². The molecule has 2 N–H and O–H groups in total. The van der Waals surface area contributed by atoms with Crippen molar-refractivity contribution in [2.45, 2.75) is 20.5 Å². The zero-order valence-corrected chi connectivity index (χ0v) is 24.3. The van der Waals surface area contributed by atoms with E-state index in [2.05, 4.69) is 15.6 Å². The number of carbonyl (C=O) groups is 3. The van der Waals surface area contributed by atoms with Gasteiger partial charge >= 0.3 is 6.03 Å². The number of pyridine rings is 1. The maximum absolute atomic E-state index is 12.8. The summed E-state index contributed by atoms with van der Waals surface area (Å²) in [5, 5.41) is 6.74. The average Bonchev–Trinajstić information content (AvgIpc) is 2.91. The third-order valence-corrected chi connectivity index (χ3v) is 6.82. The summed E-state index contributed by atoms with van der Waals surface area (Å²) in [4.78, 5) is 42.4. The summed E-state index contributed by atoms with van der Waals surface area (Å²) >= 11 is 13.1. The molecule has 0 saturated carbocycles. The van der Waals surface area contributed by atoms with E-state index in [-0.39, 0.29) is 36.4 Å². The Labute approximate surface area is 248 Å². The minimum atomic E-state index is -0.567. The van der Waals surface area contributed by atoms with E-state index in [1.54, 1.807) is 43.4 Å². The number of likely N-dealkylation sites (N-methyl/N-ethyl adjacent to an activating group) is 1. The third kappa shape index (κ3) is 7.21. The second-order valence-electron chi connectivity index (χ2n) is 8.82. The average molecular weight is 602 g/mol. The molecule has 8 nitrogen and oxygen atoms in total. The molecule has 1 aromatic heterocycles. The molecule has 3 aromatic carbocycles. The lowest BCUT2D eigenvalue weighted by molar-refractivity contribution is -0.117. The number of ketones is 1. The van der Waals surface area contributed by atoms with E-state index in [0.29, 0.717) is 33.3 Å². The van der Waals surface area contributed by atoms with E-state index < -0.39 is 11.9 Å². The Bertz CT molecular complexity index is 1560. The Balaban J connectivity index is 0.00000441. The highest BCUT2D eigenvalue weighted by molar-refractivity contribution is 6.38. The van der Waals surface area contributed by atoms with Gasteiger partial charge in [0.15, 0.2) is 5.78 Å². The molecule has 0 saturated heterocycles. The van der Waals surface area contributed by atoms with Crippen molar-refractivity contribution in [1.82, 2.24) is 10.3 Å². The van der Waals surface area contributed by atoms with Crippen molar-refractivity contribution in [2.24, 2.45) is 0 Å². The van der Waals surface area contributed by atoms with Gasteiger partial charge in [-0.15, -0.1) is 12.4 Å². The van der Waals surface area contributed by atoms with Crippen LogP contribution in [0.2, 0.25) is 10.0 Å². The highest BCUT2D eigenvalue weighted by Crippen LogP contribution is 2.35. The molecule has 11 heteroatoms. The predicted octanol–water partition coefficient (Wildman–Crippen LogP) is 6.84. The summed E-state index contributed by atoms with van der Waals surface area (Å²) in [6.07, 6.45) is 0. The van der Waals surface area contributed by atoms with Crippen molar-refractivity contribution >= 4 is 75.6 Å². The largest absolute Gasteiger partial charge is 0.487 e. The third-order valence-electron chi connectivity index (χ3n) is 6.05. The lowest BCUT2D eigenvalue weighted by Gasteiger charge is -2.21. The highest BCUT2D eigenvalue weighted by Gasteiger charge is 2.19. The Morgan fingerprint density at radius 1 is 0.975 bits per heavy atom. The van der Waals surface area contributed by atoms with Gasteiger partial charge in [0.25, 0.3) is 0 Å². The van der Waals surface area contributed by atoms with Crippen LogP contribution in [0, 0.1) is 6.92 Å². The van der Waals surface area contributed by atoms with E-state index >= 15 is 0 Å². The van der Waals surface area contributed by atoms with E-state index in [1.165, 1.54) is 11.8 Å². The van der Waals surface area contributed by atoms with Crippen LogP contribution in [0.3, 0.4) is 0 Å². The van der Waals surface area contributed by atoms with Gasteiger partial charge in [-0.2, -0.15) is 0 Å². The summed E-state index contributed by atoms with van der Waals surface area (Å²) in [5.74, 6) is 0.113. The van der Waals surface area contributed by atoms with Gasteiger partial charge in [0.1, 0.15) is 17.9 Å². The molecule has 3 amide bonds. The van der Waals surface area contributed by atoms with E-state index in [9.17, 15) is 14.4 Å². The van der Waals surface area contributed by atoms with Gasteiger partial charge in [0.2, 0.25) is 5.91 Å². The molecule has 0 aliphatic rings. The molecule has 0 atom stereocenters. The molecule has 0 spiro atoms. The van der Waals surface area contributed by atoms with Gasteiger partial charge in [-0.3, -0.25) is 9.59 Å². The number of rotatable bonds is 8. The van der Waals surface area contributed by atoms with Gasteiger partial charge < -0.3 is 20.3 Å². The van der Waals surface area contributed by atoms with Crippen LogP contribution in [-0.2, 0) is 11.4 Å². The molecule has 0 fully saturated rings. The zero-order valence-electron chi connectivity index (χ0n) is 22.0. The second kappa shape index (κ2) is 13.5. The SMILES string of the molecule is CC(=O)c1ccc(NC(=O)NCC(=O)N(C)c2ccc(Cl)c(COc3cccc4ccc(C)nc34)c2Cl)cc1.Cl. The van der Waals surface area contributed by atoms with Crippen molar-refractivity contribution in [1.29, 1.82) is 0 Å². The van der Waals surface area contributed by atoms with Crippen molar-refractivity contribution in [3.05, 3.63) is 93.6 Å². The fraction of sp³-hybridized carbons (Fsp3) is 0.172. The Kier molecular flexibility index (Phi) is 10.3. The Morgan fingerprint density at radius 3 is 2.40 bits per heavy atom. The number of hydrogen-bond donors (Lipinski definition) is 2. The number of ether oxygens (including phenoxy) is 1. The van der Waals surface area contributed by atoms with Crippen LogP contribution in [0.5, 0.6) is 5.75 Å². The molecule has 40 heavy (non-hydrogen) atoms. The van der Waals surface area contributed by atoms with E-state index in [4.69, 9.17) is 27.9 Å². The van der Waals surface area contributed by atoms with E-state index in [1.807, 2.05) is 37.3 Å². The number of Topliss-reactive ketones (excluding diaryl/α,β-unsaturated/α-hetero) is 1. The predicted molar refractivity (Wildman–Crippen MR) is 161 cm³/mol. The summed E-state index contributed by atoms with van der Waals surface area (Å²) in [7, 11) is 1.56. The molecular weight excluding hydrogens is 575 g/mol. The monoisotopic (exact) mass is 600 g/mol. The number of aryl methyl sites for hydroxylation is 1. The van der Waals surface area contributed by atoms with Crippen LogP contribution >= 0.6 is 35.6 Å². The molecular formula is C29H27Cl3N4O4. The van der Waals surface area contributed by atoms with Crippen LogP contribution in [0.15, 0.2) is 66.7 Å².